The van der Waals surface area contributed by atoms with Crippen molar-refractivity contribution >= 4 is 64.2 Å². The molecule has 4 heteroatoms. The maximum Gasteiger partial charge on any atom is 0.235 e. The Hall–Kier alpha value is -6.10. The minimum atomic E-state index is 0.687. The third-order valence-corrected chi connectivity index (χ3v) is 10.6. The van der Waals surface area contributed by atoms with E-state index in [0.717, 1.165) is 37.9 Å². The molecule has 0 aliphatic rings. The van der Waals surface area contributed by atoms with Crippen LogP contribution in [0.4, 0.5) is 0 Å². The Balaban J connectivity index is 1.09. The number of nitrogens with zero attached hydrogens (tertiary/aromatic N) is 3. The van der Waals surface area contributed by atoms with Crippen LogP contribution in [0.15, 0.2) is 164 Å². The van der Waals surface area contributed by atoms with Gasteiger partial charge in [-0.1, -0.05) is 140 Å². The second-order valence-corrected chi connectivity index (χ2v) is 13.3. The van der Waals surface area contributed by atoms with Crippen LogP contribution >= 0.6 is 11.3 Å². The van der Waals surface area contributed by atoms with Gasteiger partial charge in [0.05, 0.1) is 26.9 Å². The van der Waals surface area contributed by atoms with Crippen LogP contribution in [0.25, 0.3) is 92.3 Å². The Labute approximate surface area is 281 Å². The molecule has 3 heterocycles. The summed E-state index contributed by atoms with van der Waals surface area (Å²) in [5.41, 5.74) is 10.0. The average molecular weight is 630 g/mol. The molecule has 0 unspecified atom stereocenters. The molecule has 0 aliphatic carbocycles. The molecule has 0 saturated carbocycles. The van der Waals surface area contributed by atoms with Crippen LogP contribution in [0, 0.1) is 0 Å². The lowest BCUT2D eigenvalue weighted by Gasteiger charge is -2.11. The topological polar surface area (TPSA) is 30.7 Å². The molecule has 10 rings (SSSR count). The summed E-state index contributed by atoms with van der Waals surface area (Å²) in [6, 6.07) is 58.5. The van der Waals surface area contributed by atoms with Crippen molar-refractivity contribution in [1.29, 1.82) is 0 Å². The van der Waals surface area contributed by atoms with Crippen LogP contribution in [-0.4, -0.2) is 14.5 Å². The number of rotatable bonds is 4. The first kappa shape index (κ1) is 27.1. The zero-order valence-electron chi connectivity index (χ0n) is 25.8. The number of thiophene rings is 1. The van der Waals surface area contributed by atoms with E-state index in [1.54, 1.807) is 11.3 Å². The highest BCUT2D eigenvalue weighted by molar-refractivity contribution is 7.26. The Bertz CT molecular complexity index is 2770. The van der Waals surface area contributed by atoms with Crippen molar-refractivity contribution in [2.45, 2.75) is 0 Å². The summed E-state index contributed by atoms with van der Waals surface area (Å²) in [5.74, 6) is 0.687. The molecule has 0 N–H and O–H groups in total. The van der Waals surface area contributed by atoms with Gasteiger partial charge in [-0.05, 0) is 57.3 Å². The fourth-order valence-corrected chi connectivity index (χ4v) is 8.21. The Morgan fingerprint density at radius 2 is 0.938 bits per heavy atom. The van der Waals surface area contributed by atoms with Crippen molar-refractivity contribution in [2.24, 2.45) is 0 Å². The highest BCUT2D eigenvalue weighted by Gasteiger charge is 2.19. The van der Waals surface area contributed by atoms with Gasteiger partial charge in [-0.2, -0.15) is 0 Å². The number of hydrogen-bond donors (Lipinski definition) is 0. The summed E-state index contributed by atoms with van der Waals surface area (Å²) in [6.45, 7) is 0. The van der Waals surface area contributed by atoms with Gasteiger partial charge in [-0.25, -0.2) is 9.97 Å². The molecule has 3 aromatic heterocycles. The van der Waals surface area contributed by atoms with Crippen LogP contribution < -0.4 is 0 Å². The number of para-hydroxylation sites is 2. The van der Waals surface area contributed by atoms with Gasteiger partial charge in [0.1, 0.15) is 0 Å². The van der Waals surface area contributed by atoms with Crippen molar-refractivity contribution in [3.8, 4) is 39.5 Å². The predicted octanol–water partition coefficient (Wildman–Crippen LogP) is 12.1. The Kier molecular flexibility index (Phi) is 6.05. The number of hydrogen-bond acceptors (Lipinski definition) is 3. The first-order chi connectivity index (χ1) is 23.8. The van der Waals surface area contributed by atoms with Gasteiger partial charge in [0, 0.05) is 26.4 Å². The summed E-state index contributed by atoms with van der Waals surface area (Å²) >= 11 is 1.76. The minimum absolute atomic E-state index is 0.687. The molecule has 0 radical (unpaired) electrons. The van der Waals surface area contributed by atoms with E-state index in [4.69, 9.17) is 9.97 Å². The predicted molar refractivity (Wildman–Crippen MR) is 203 cm³/mol. The Morgan fingerprint density at radius 3 is 1.62 bits per heavy atom. The zero-order valence-corrected chi connectivity index (χ0v) is 26.7. The molecule has 224 valence electrons. The van der Waals surface area contributed by atoms with Crippen molar-refractivity contribution in [1.82, 2.24) is 14.5 Å². The molecule has 0 amide bonds. The molecule has 0 saturated heterocycles. The third-order valence-electron chi connectivity index (χ3n) is 9.45. The SMILES string of the molecule is c1ccc2cc(-c3ccc(-c4ccc(-c5nc(-n6c7ccccc7c7ccccc76)nc6c5sc5ccccc56)cc4)cc3)ccc2c1. The third kappa shape index (κ3) is 4.27. The summed E-state index contributed by atoms with van der Waals surface area (Å²) in [7, 11) is 0. The van der Waals surface area contributed by atoms with Crippen molar-refractivity contribution in [3.63, 3.8) is 0 Å². The Morgan fingerprint density at radius 1 is 0.417 bits per heavy atom. The summed E-state index contributed by atoms with van der Waals surface area (Å²) in [6.07, 6.45) is 0. The van der Waals surface area contributed by atoms with E-state index in [1.165, 1.54) is 48.5 Å². The van der Waals surface area contributed by atoms with Gasteiger partial charge in [0.25, 0.3) is 0 Å². The van der Waals surface area contributed by atoms with E-state index < -0.39 is 0 Å². The molecule has 48 heavy (non-hydrogen) atoms. The van der Waals surface area contributed by atoms with Crippen LogP contribution in [0.3, 0.4) is 0 Å². The second-order valence-electron chi connectivity index (χ2n) is 12.2. The summed E-state index contributed by atoms with van der Waals surface area (Å²) in [5, 5.41) is 6.07. The van der Waals surface area contributed by atoms with E-state index in [0.29, 0.717) is 5.95 Å². The minimum Gasteiger partial charge on any atom is -0.278 e. The highest BCUT2D eigenvalue weighted by Crippen LogP contribution is 2.40. The van der Waals surface area contributed by atoms with E-state index in [2.05, 4.69) is 168 Å². The van der Waals surface area contributed by atoms with E-state index in [-0.39, 0.29) is 0 Å². The largest absolute Gasteiger partial charge is 0.278 e. The summed E-state index contributed by atoms with van der Waals surface area (Å²) in [4.78, 5) is 10.6. The molecule has 3 nitrogen and oxygen atoms in total. The van der Waals surface area contributed by atoms with Gasteiger partial charge in [-0.3, -0.25) is 4.57 Å². The van der Waals surface area contributed by atoms with Crippen LogP contribution in [0.5, 0.6) is 0 Å². The lowest BCUT2D eigenvalue weighted by molar-refractivity contribution is 1.02. The van der Waals surface area contributed by atoms with Gasteiger partial charge in [0.2, 0.25) is 5.95 Å². The first-order valence-corrected chi connectivity index (χ1v) is 17.0. The lowest BCUT2D eigenvalue weighted by Crippen LogP contribution is -2.02. The van der Waals surface area contributed by atoms with E-state index in [9.17, 15) is 0 Å². The monoisotopic (exact) mass is 629 g/mol. The van der Waals surface area contributed by atoms with Crippen LogP contribution in [0.1, 0.15) is 0 Å². The molecule has 7 aromatic carbocycles. The van der Waals surface area contributed by atoms with Gasteiger partial charge in [0.15, 0.2) is 0 Å². The molecule has 0 atom stereocenters. The maximum absolute atomic E-state index is 5.34. The fraction of sp³-hybridized carbons (Fsp3) is 0. The number of fused-ring (bicyclic) bond motifs is 7. The zero-order chi connectivity index (χ0) is 31.6. The molecule has 0 bridgehead atoms. The number of benzene rings is 7. The molecule has 0 fully saturated rings. The van der Waals surface area contributed by atoms with Gasteiger partial charge < -0.3 is 0 Å². The molecular weight excluding hydrogens is 603 g/mol. The van der Waals surface area contributed by atoms with Crippen LogP contribution in [0.2, 0.25) is 0 Å². The highest BCUT2D eigenvalue weighted by atomic mass is 32.1. The fourth-order valence-electron chi connectivity index (χ4n) is 7.06. The second kappa shape index (κ2) is 10.7. The van der Waals surface area contributed by atoms with Crippen molar-refractivity contribution in [3.05, 3.63) is 164 Å². The van der Waals surface area contributed by atoms with Crippen molar-refractivity contribution in [2.75, 3.05) is 0 Å². The summed E-state index contributed by atoms with van der Waals surface area (Å²) < 4.78 is 4.53. The number of aromatic nitrogens is 3. The standard InChI is InChI=1S/C44H27N3S/c1-2-10-33-27-34(26-23-28(33)9-1)31-19-17-29(18-20-31)30-21-24-32(25-22-30)41-43-42(37-13-5-8-16-40(37)48-43)46-44(45-41)47-38-14-6-3-11-35(38)36-12-4-7-15-39(36)47/h1-27H. The quantitative estimate of drug-likeness (QED) is 0.194. The molecule has 0 spiro atoms. The normalized spacial score (nSPS) is 11.8. The van der Waals surface area contributed by atoms with E-state index in [1.807, 2.05) is 0 Å². The van der Waals surface area contributed by atoms with Gasteiger partial charge in [-0.15, -0.1) is 11.3 Å². The maximum atomic E-state index is 5.34. The van der Waals surface area contributed by atoms with Crippen molar-refractivity contribution < 1.29 is 0 Å². The van der Waals surface area contributed by atoms with Crippen LogP contribution in [-0.2, 0) is 0 Å². The van der Waals surface area contributed by atoms with Gasteiger partial charge >= 0.3 is 0 Å². The smallest absolute Gasteiger partial charge is 0.235 e. The lowest BCUT2D eigenvalue weighted by atomic mass is 9.97. The first-order valence-electron chi connectivity index (χ1n) is 16.2. The molecule has 0 aliphatic heterocycles. The average Bonchev–Trinajstić information content (AvgIpc) is 3.70. The van der Waals surface area contributed by atoms with E-state index >= 15 is 0 Å². The molecular formula is C44H27N3S. The molecule has 10 aromatic rings.